The second kappa shape index (κ2) is 7.06. The first-order valence-electron chi connectivity index (χ1n) is 9.01. The van der Waals surface area contributed by atoms with Crippen molar-refractivity contribution in [2.45, 2.75) is 38.3 Å². The lowest BCUT2D eigenvalue weighted by atomic mass is 9.89. The normalized spacial score (nSPS) is 26.8. The van der Waals surface area contributed by atoms with Gasteiger partial charge in [-0.05, 0) is 38.3 Å². The highest BCUT2D eigenvalue weighted by molar-refractivity contribution is 5.57. The van der Waals surface area contributed by atoms with Gasteiger partial charge in [0.25, 0.3) is 0 Å². The highest BCUT2D eigenvalue weighted by Crippen LogP contribution is 2.33. The topological polar surface area (TPSA) is 71.4 Å². The minimum absolute atomic E-state index is 0.149. The molecule has 0 amide bonds. The maximum Gasteiger partial charge on any atom is 0.161 e. The number of aromatic nitrogens is 3. The van der Waals surface area contributed by atoms with Crippen molar-refractivity contribution < 1.29 is 9.84 Å². The summed E-state index contributed by atoms with van der Waals surface area (Å²) < 4.78 is 5.64. The van der Waals surface area contributed by atoms with Crippen LogP contribution in [0, 0.1) is 12.8 Å². The number of pyridine rings is 1. The summed E-state index contributed by atoms with van der Waals surface area (Å²) in [4.78, 5) is 15.8. The highest BCUT2D eigenvalue weighted by atomic mass is 16.5. The van der Waals surface area contributed by atoms with E-state index in [2.05, 4.69) is 14.9 Å². The van der Waals surface area contributed by atoms with Gasteiger partial charge in [-0.1, -0.05) is 0 Å². The fourth-order valence-electron chi connectivity index (χ4n) is 3.97. The van der Waals surface area contributed by atoms with Gasteiger partial charge in [-0.2, -0.15) is 0 Å². The number of ether oxygens (including phenoxy) is 1. The molecule has 2 aliphatic rings. The van der Waals surface area contributed by atoms with Gasteiger partial charge in [-0.25, -0.2) is 9.97 Å². The van der Waals surface area contributed by atoms with Gasteiger partial charge in [0.1, 0.15) is 5.82 Å². The fourth-order valence-corrected chi connectivity index (χ4v) is 3.97. The zero-order valence-corrected chi connectivity index (χ0v) is 14.5. The Labute approximate surface area is 147 Å². The van der Waals surface area contributed by atoms with Crippen LogP contribution in [-0.2, 0) is 4.74 Å². The largest absolute Gasteiger partial charge is 0.393 e. The molecular formula is C19H24N4O2. The Morgan fingerprint density at radius 3 is 2.84 bits per heavy atom. The molecule has 2 aromatic heterocycles. The molecule has 2 aliphatic heterocycles. The van der Waals surface area contributed by atoms with Crippen molar-refractivity contribution in [3.05, 3.63) is 36.3 Å². The number of aliphatic hydroxyl groups excluding tert-OH is 1. The molecule has 3 atom stereocenters. The Hall–Kier alpha value is -2.05. The third kappa shape index (κ3) is 3.37. The van der Waals surface area contributed by atoms with Gasteiger partial charge in [-0.3, -0.25) is 4.98 Å². The Morgan fingerprint density at radius 1 is 1.20 bits per heavy atom. The molecule has 0 aromatic carbocycles. The van der Waals surface area contributed by atoms with Gasteiger partial charge in [0.2, 0.25) is 0 Å². The summed E-state index contributed by atoms with van der Waals surface area (Å²) in [6, 6.07) is 6.17. The molecule has 0 spiro atoms. The monoisotopic (exact) mass is 340 g/mol. The van der Waals surface area contributed by atoms with Gasteiger partial charge < -0.3 is 14.7 Å². The summed E-state index contributed by atoms with van der Waals surface area (Å²) in [5, 5.41) is 10.4. The van der Waals surface area contributed by atoms with Crippen LogP contribution in [-0.4, -0.2) is 52.0 Å². The summed E-state index contributed by atoms with van der Waals surface area (Å²) in [5.41, 5.74) is 1.92. The smallest absolute Gasteiger partial charge is 0.161 e. The molecule has 6 nitrogen and oxygen atoms in total. The van der Waals surface area contributed by atoms with E-state index in [1.54, 1.807) is 12.4 Å². The van der Waals surface area contributed by atoms with Crippen LogP contribution in [0.15, 0.2) is 30.6 Å². The van der Waals surface area contributed by atoms with Crippen LogP contribution in [0.4, 0.5) is 5.82 Å². The third-order valence-electron chi connectivity index (χ3n) is 5.23. The van der Waals surface area contributed by atoms with Gasteiger partial charge >= 0.3 is 0 Å². The molecule has 2 saturated heterocycles. The molecule has 2 aromatic rings. The SMILES string of the molecule is Cc1cc(N2CCCC2C2COCCC2O)nc(-c2ccncc2)n1. The molecule has 0 saturated carbocycles. The van der Waals surface area contributed by atoms with E-state index in [1.807, 2.05) is 25.1 Å². The van der Waals surface area contributed by atoms with E-state index >= 15 is 0 Å². The maximum absolute atomic E-state index is 10.4. The molecule has 4 rings (SSSR count). The number of anilines is 1. The van der Waals surface area contributed by atoms with Crippen LogP contribution < -0.4 is 4.90 Å². The van der Waals surface area contributed by atoms with E-state index in [-0.39, 0.29) is 18.1 Å². The van der Waals surface area contributed by atoms with E-state index in [0.717, 1.165) is 48.7 Å². The van der Waals surface area contributed by atoms with Crippen LogP contribution in [0.1, 0.15) is 25.0 Å². The molecule has 1 N–H and O–H groups in total. The summed E-state index contributed by atoms with van der Waals surface area (Å²) in [6.07, 6.45) is 6.13. The van der Waals surface area contributed by atoms with Crippen LogP contribution >= 0.6 is 0 Å². The van der Waals surface area contributed by atoms with Crippen LogP contribution in [0.2, 0.25) is 0 Å². The van der Waals surface area contributed by atoms with Gasteiger partial charge in [-0.15, -0.1) is 0 Å². The van der Waals surface area contributed by atoms with Gasteiger partial charge in [0, 0.05) is 54.8 Å². The average molecular weight is 340 g/mol. The number of hydrogen-bond acceptors (Lipinski definition) is 6. The van der Waals surface area contributed by atoms with Crippen LogP contribution in [0.3, 0.4) is 0 Å². The molecule has 25 heavy (non-hydrogen) atoms. The van der Waals surface area contributed by atoms with Gasteiger partial charge in [0.15, 0.2) is 5.82 Å². The lowest BCUT2D eigenvalue weighted by Crippen LogP contribution is -2.46. The van der Waals surface area contributed by atoms with Crippen molar-refractivity contribution in [2.75, 3.05) is 24.7 Å². The van der Waals surface area contributed by atoms with Crippen molar-refractivity contribution >= 4 is 5.82 Å². The third-order valence-corrected chi connectivity index (χ3v) is 5.23. The highest BCUT2D eigenvalue weighted by Gasteiger charge is 2.38. The average Bonchev–Trinajstić information content (AvgIpc) is 3.12. The van der Waals surface area contributed by atoms with E-state index in [9.17, 15) is 5.11 Å². The summed E-state index contributed by atoms with van der Waals surface area (Å²) in [6.45, 7) is 4.24. The molecule has 4 heterocycles. The van der Waals surface area contributed by atoms with Crippen molar-refractivity contribution in [1.29, 1.82) is 0 Å². The second-order valence-electron chi connectivity index (χ2n) is 6.92. The number of aryl methyl sites for hydroxylation is 1. The Morgan fingerprint density at radius 2 is 2.04 bits per heavy atom. The van der Waals surface area contributed by atoms with Gasteiger partial charge in [0.05, 0.1) is 12.7 Å². The van der Waals surface area contributed by atoms with Crippen molar-refractivity contribution in [3.63, 3.8) is 0 Å². The zero-order chi connectivity index (χ0) is 17.2. The Kier molecular flexibility index (Phi) is 4.63. The molecule has 0 radical (unpaired) electrons. The summed E-state index contributed by atoms with van der Waals surface area (Å²) >= 11 is 0. The number of nitrogens with zero attached hydrogens (tertiary/aromatic N) is 4. The summed E-state index contributed by atoms with van der Waals surface area (Å²) in [7, 11) is 0. The molecule has 0 aliphatic carbocycles. The van der Waals surface area contributed by atoms with E-state index in [0.29, 0.717) is 13.2 Å². The molecule has 0 bridgehead atoms. The number of hydrogen-bond donors (Lipinski definition) is 1. The number of aliphatic hydroxyl groups is 1. The first-order valence-corrected chi connectivity index (χ1v) is 9.01. The van der Waals surface area contributed by atoms with E-state index < -0.39 is 0 Å². The fraction of sp³-hybridized carbons (Fsp3) is 0.526. The number of rotatable bonds is 3. The van der Waals surface area contributed by atoms with Crippen molar-refractivity contribution in [1.82, 2.24) is 15.0 Å². The predicted molar refractivity (Wildman–Crippen MR) is 95.3 cm³/mol. The maximum atomic E-state index is 10.4. The van der Waals surface area contributed by atoms with Crippen molar-refractivity contribution in [3.8, 4) is 11.4 Å². The zero-order valence-electron chi connectivity index (χ0n) is 14.5. The van der Waals surface area contributed by atoms with Crippen LogP contribution in [0.25, 0.3) is 11.4 Å². The quantitative estimate of drug-likeness (QED) is 0.924. The molecule has 132 valence electrons. The first kappa shape index (κ1) is 16.4. The Balaban J connectivity index is 1.65. The van der Waals surface area contributed by atoms with E-state index in [4.69, 9.17) is 9.72 Å². The van der Waals surface area contributed by atoms with E-state index in [1.165, 1.54) is 0 Å². The predicted octanol–water partition coefficient (Wildman–Crippen LogP) is 2.21. The minimum Gasteiger partial charge on any atom is -0.393 e. The van der Waals surface area contributed by atoms with Crippen molar-refractivity contribution in [2.24, 2.45) is 5.92 Å². The lowest BCUT2D eigenvalue weighted by molar-refractivity contribution is -0.0438. The molecule has 3 unspecified atom stereocenters. The lowest BCUT2D eigenvalue weighted by Gasteiger charge is -2.37. The molecule has 2 fully saturated rings. The van der Waals surface area contributed by atoms with Crippen LogP contribution in [0.5, 0.6) is 0 Å². The Bertz CT molecular complexity index is 725. The minimum atomic E-state index is -0.290. The standard InChI is InChI=1S/C19H24N4O2/c1-13-11-18(22-19(21-13)14-4-7-20-8-5-14)23-9-2-3-16(23)15-12-25-10-6-17(15)24/h4-5,7-8,11,15-17,24H,2-3,6,9-10,12H2,1H3. The summed E-state index contributed by atoms with van der Waals surface area (Å²) in [5.74, 6) is 1.82. The first-order chi connectivity index (χ1) is 12.2. The second-order valence-corrected chi connectivity index (χ2v) is 6.92. The molecule has 6 heteroatoms. The molecular weight excluding hydrogens is 316 g/mol.